The second-order valence-corrected chi connectivity index (χ2v) is 5.60. The predicted molar refractivity (Wildman–Crippen MR) is 87.1 cm³/mol. The largest absolute Gasteiger partial charge is 0.444 e. The average molecular weight is 299 g/mol. The molecule has 116 valence electrons. The van der Waals surface area contributed by atoms with Gasteiger partial charge in [0.05, 0.1) is 12.3 Å². The first kappa shape index (κ1) is 14.9. The molecule has 4 nitrogen and oxygen atoms in total. The number of rotatable bonds is 2. The van der Waals surface area contributed by atoms with E-state index >= 15 is 0 Å². The molecule has 1 amide bonds. The maximum absolute atomic E-state index is 12.1. The molecule has 4 heteroatoms. The van der Waals surface area contributed by atoms with Crippen LogP contribution in [0.1, 0.15) is 25.7 Å². The minimum Gasteiger partial charge on any atom is -0.444 e. The van der Waals surface area contributed by atoms with Gasteiger partial charge in [-0.25, -0.2) is 4.79 Å². The van der Waals surface area contributed by atoms with E-state index in [0.29, 0.717) is 6.61 Å². The lowest BCUT2D eigenvalue weighted by Gasteiger charge is -2.20. The molecule has 1 N–H and O–H groups in total. The molecule has 0 aromatic heterocycles. The first-order valence-electron chi connectivity index (χ1n) is 7.86. The number of carbonyl (C=O) groups is 1. The summed E-state index contributed by atoms with van der Waals surface area (Å²) < 4.78 is 11.0. The van der Waals surface area contributed by atoms with Crippen LogP contribution in [0.15, 0.2) is 42.5 Å². The number of benzene rings is 2. The molecule has 1 saturated heterocycles. The van der Waals surface area contributed by atoms with E-state index in [2.05, 4.69) is 5.32 Å². The third kappa shape index (κ3) is 3.77. The number of hydrogen-bond acceptors (Lipinski definition) is 3. The molecule has 0 unspecified atom stereocenters. The molecule has 1 aliphatic rings. The second kappa shape index (κ2) is 7.27. The van der Waals surface area contributed by atoms with Gasteiger partial charge in [-0.2, -0.15) is 0 Å². The Balaban J connectivity index is 1.65. The van der Waals surface area contributed by atoms with Gasteiger partial charge >= 0.3 is 6.09 Å². The van der Waals surface area contributed by atoms with Crippen LogP contribution in [0.5, 0.6) is 0 Å². The molecular formula is C18H21NO3. The van der Waals surface area contributed by atoms with Crippen molar-refractivity contribution in [3.05, 3.63) is 42.5 Å². The SMILES string of the molecule is O=C(Nc1cccc2ccccc12)O[C@@H]1CCCCCOC1. The van der Waals surface area contributed by atoms with Crippen molar-refractivity contribution in [3.63, 3.8) is 0 Å². The summed E-state index contributed by atoms with van der Waals surface area (Å²) in [7, 11) is 0. The second-order valence-electron chi connectivity index (χ2n) is 5.60. The molecule has 0 saturated carbocycles. The molecule has 1 heterocycles. The van der Waals surface area contributed by atoms with Crippen LogP contribution in [-0.2, 0) is 9.47 Å². The molecule has 2 aromatic carbocycles. The Labute approximate surface area is 130 Å². The Morgan fingerprint density at radius 1 is 1.09 bits per heavy atom. The normalized spacial score (nSPS) is 19.2. The summed E-state index contributed by atoms with van der Waals surface area (Å²) in [5.74, 6) is 0. The highest BCUT2D eigenvalue weighted by molar-refractivity contribution is 6.00. The summed E-state index contributed by atoms with van der Waals surface area (Å²) in [6.07, 6.45) is 3.60. The Morgan fingerprint density at radius 3 is 2.91 bits per heavy atom. The monoisotopic (exact) mass is 299 g/mol. The van der Waals surface area contributed by atoms with Gasteiger partial charge in [0.15, 0.2) is 0 Å². The first-order valence-corrected chi connectivity index (χ1v) is 7.86. The summed E-state index contributed by atoms with van der Waals surface area (Å²) in [5, 5.41) is 4.95. The highest BCUT2D eigenvalue weighted by atomic mass is 16.6. The van der Waals surface area contributed by atoms with E-state index in [9.17, 15) is 4.79 Å². The fourth-order valence-electron chi connectivity index (χ4n) is 2.77. The van der Waals surface area contributed by atoms with E-state index in [0.717, 1.165) is 48.8 Å². The third-order valence-electron chi connectivity index (χ3n) is 3.92. The van der Waals surface area contributed by atoms with E-state index in [1.54, 1.807) is 0 Å². The number of hydrogen-bond donors (Lipinski definition) is 1. The summed E-state index contributed by atoms with van der Waals surface area (Å²) in [6.45, 7) is 1.24. The van der Waals surface area contributed by atoms with E-state index in [-0.39, 0.29) is 6.10 Å². The van der Waals surface area contributed by atoms with Gasteiger partial charge in [-0.15, -0.1) is 0 Å². The number of carbonyl (C=O) groups excluding carboxylic acids is 1. The number of amides is 1. The lowest BCUT2D eigenvalue weighted by atomic mass is 10.1. The highest BCUT2D eigenvalue weighted by Crippen LogP contribution is 2.23. The fourth-order valence-corrected chi connectivity index (χ4v) is 2.77. The highest BCUT2D eigenvalue weighted by Gasteiger charge is 2.17. The van der Waals surface area contributed by atoms with Gasteiger partial charge in [0, 0.05) is 12.0 Å². The predicted octanol–water partition coefficient (Wildman–Crippen LogP) is 4.35. The molecule has 0 aliphatic carbocycles. The van der Waals surface area contributed by atoms with Crippen molar-refractivity contribution in [2.24, 2.45) is 0 Å². The van der Waals surface area contributed by atoms with Crippen LogP contribution in [0.4, 0.5) is 10.5 Å². The van der Waals surface area contributed by atoms with Gasteiger partial charge in [0.2, 0.25) is 0 Å². The fraction of sp³-hybridized carbons (Fsp3) is 0.389. The summed E-state index contributed by atoms with van der Waals surface area (Å²) >= 11 is 0. The van der Waals surface area contributed by atoms with Crippen LogP contribution in [0.2, 0.25) is 0 Å². The van der Waals surface area contributed by atoms with Gasteiger partial charge < -0.3 is 9.47 Å². The Morgan fingerprint density at radius 2 is 1.95 bits per heavy atom. The van der Waals surface area contributed by atoms with E-state index in [1.165, 1.54) is 0 Å². The zero-order valence-corrected chi connectivity index (χ0v) is 12.6. The number of fused-ring (bicyclic) bond motifs is 1. The van der Waals surface area contributed by atoms with Gasteiger partial charge in [-0.3, -0.25) is 5.32 Å². The minimum absolute atomic E-state index is 0.157. The van der Waals surface area contributed by atoms with E-state index < -0.39 is 6.09 Å². The molecule has 22 heavy (non-hydrogen) atoms. The van der Waals surface area contributed by atoms with E-state index in [4.69, 9.17) is 9.47 Å². The van der Waals surface area contributed by atoms with Crippen molar-refractivity contribution >= 4 is 22.6 Å². The number of nitrogens with one attached hydrogen (secondary N) is 1. The Hall–Kier alpha value is -2.07. The van der Waals surface area contributed by atoms with Crippen molar-refractivity contribution < 1.29 is 14.3 Å². The van der Waals surface area contributed by atoms with Crippen LogP contribution in [0, 0.1) is 0 Å². The molecule has 0 radical (unpaired) electrons. The quantitative estimate of drug-likeness (QED) is 0.897. The van der Waals surface area contributed by atoms with Gasteiger partial charge in [0.25, 0.3) is 0 Å². The van der Waals surface area contributed by atoms with Crippen molar-refractivity contribution in [2.75, 3.05) is 18.5 Å². The molecule has 3 rings (SSSR count). The average Bonchev–Trinajstić information content (AvgIpc) is 2.50. The summed E-state index contributed by atoms with van der Waals surface area (Å²) in [6, 6.07) is 13.8. The number of anilines is 1. The summed E-state index contributed by atoms with van der Waals surface area (Å²) in [5.41, 5.74) is 0.773. The molecule has 2 aromatic rings. The third-order valence-corrected chi connectivity index (χ3v) is 3.92. The molecule has 1 aliphatic heterocycles. The topological polar surface area (TPSA) is 47.6 Å². The molecule has 0 spiro atoms. The molecule has 1 fully saturated rings. The standard InChI is InChI=1S/C18H21NO3/c20-18(22-15-9-2-1-5-12-21-13-15)19-17-11-6-8-14-7-3-4-10-16(14)17/h3-4,6-8,10-11,15H,1-2,5,9,12-13H2,(H,19,20)/t15-/m1/s1. The lowest BCUT2D eigenvalue weighted by Crippen LogP contribution is -2.27. The smallest absolute Gasteiger partial charge is 0.411 e. The zero-order valence-electron chi connectivity index (χ0n) is 12.6. The van der Waals surface area contributed by atoms with Gasteiger partial charge in [0.1, 0.15) is 6.10 Å². The summed E-state index contributed by atoms with van der Waals surface area (Å²) in [4.78, 5) is 12.1. The van der Waals surface area contributed by atoms with Crippen molar-refractivity contribution in [1.82, 2.24) is 0 Å². The van der Waals surface area contributed by atoms with Crippen LogP contribution < -0.4 is 5.32 Å². The van der Waals surface area contributed by atoms with Gasteiger partial charge in [-0.05, 0) is 30.7 Å². The molecule has 1 atom stereocenters. The van der Waals surface area contributed by atoms with E-state index in [1.807, 2.05) is 42.5 Å². The molecular weight excluding hydrogens is 278 g/mol. The van der Waals surface area contributed by atoms with Crippen LogP contribution in [0.25, 0.3) is 10.8 Å². The zero-order chi connectivity index (χ0) is 15.2. The molecule has 0 bridgehead atoms. The lowest BCUT2D eigenvalue weighted by molar-refractivity contribution is 0.0106. The van der Waals surface area contributed by atoms with Crippen molar-refractivity contribution in [1.29, 1.82) is 0 Å². The van der Waals surface area contributed by atoms with Crippen molar-refractivity contribution in [2.45, 2.75) is 31.8 Å². The maximum Gasteiger partial charge on any atom is 0.411 e. The van der Waals surface area contributed by atoms with Gasteiger partial charge in [-0.1, -0.05) is 42.8 Å². The minimum atomic E-state index is -0.412. The Bertz CT molecular complexity index is 628. The maximum atomic E-state index is 12.1. The first-order chi connectivity index (χ1) is 10.8. The van der Waals surface area contributed by atoms with Crippen molar-refractivity contribution in [3.8, 4) is 0 Å². The van der Waals surface area contributed by atoms with Crippen LogP contribution in [-0.4, -0.2) is 25.4 Å². The Kier molecular flexibility index (Phi) is 4.91. The number of ether oxygens (including phenoxy) is 2. The van der Waals surface area contributed by atoms with Crippen LogP contribution in [0.3, 0.4) is 0 Å². The van der Waals surface area contributed by atoms with Crippen LogP contribution >= 0.6 is 0 Å².